The molecule has 1 aromatic heterocycles. The van der Waals surface area contributed by atoms with Crippen molar-refractivity contribution >= 4 is 28.9 Å². The second-order valence-corrected chi connectivity index (χ2v) is 4.62. The van der Waals surface area contributed by atoms with Crippen LogP contribution in [0.5, 0.6) is 0 Å². The van der Waals surface area contributed by atoms with Crippen LogP contribution in [0.15, 0.2) is 30.6 Å². The quantitative estimate of drug-likeness (QED) is 0.870. The fraction of sp³-hybridized carbons (Fsp3) is 0.286. The van der Waals surface area contributed by atoms with E-state index < -0.39 is 0 Å². The minimum absolute atomic E-state index is 0.720. The van der Waals surface area contributed by atoms with E-state index in [0.717, 1.165) is 40.8 Å². The van der Waals surface area contributed by atoms with Gasteiger partial charge in [-0.25, -0.2) is 9.97 Å². The molecule has 0 aliphatic rings. The highest BCUT2D eigenvalue weighted by Gasteiger charge is 2.09. The molecule has 0 atom stereocenters. The average molecular weight is 277 g/mol. The first-order valence-electron chi connectivity index (χ1n) is 6.28. The Hall–Kier alpha value is -1.81. The topological polar surface area (TPSA) is 49.8 Å². The van der Waals surface area contributed by atoms with E-state index in [0.29, 0.717) is 0 Å². The van der Waals surface area contributed by atoms with Crippen LogP contribution >= 0.6 is 11.6 Å². The summed E-state index contributed by atoms with van der Waals surface area (Å²) >= 11 is 5.88. The van der Waals surface area contributed by atoms with E-state index in [2.05, 4.69) is 27.5 Å². The number of hydrogen-bond donors (Lipinski definition) is 2. The van der Waals surface area contributed by atoms with Gasteiger partial charge in [0, 0.05) is 23.3 Å². The third-order valence-electron chi connectivity index (χ3n) is 2.79. The van der Waals surface area contributed by atoms with Gasteiger partial charge in [0.25, 0.3) is 0 Å². The third kappa shape index (κ3) is 3.35. The molecule has 0 fully saturated rings. The fourth-order valence-corrected chi connectivity index (χ4v) is 2.02. The molecule has 5 heteroatoms. The molecule has 1 heterocycles. The second kappa shape index (κ2) is 6.38. The highest BCUT2D eigenvalue weighted by molar-refractivity contribution is 6.30. The number of hydrogen-bond acceptors (Lipinski definition) is 4. The molecule has 0 saturated heterocycles. The van der Waals surface area contributed by atoms with Crippen LogP contribution < -0.4 is 10.6 Å². The van der Waals surface area contributed by atoms with Gasteiger partial charge in [-0.2, -0.15) is 0 Å². The molecule has 0 amide bonds. The molecule has 19 heavy (non-hydrogen) atoms. The Labute approximate surface area is 118 Å². The van der Waals surface area contributed by atoms with Gasteiger partial charge in [-0.05, 0) is 30.7 Å². The number of halogens is 1. The van der Waals surface area contributed by atoms with Crippen LogP contribution in [0.4, 0.5) is 17.3 Å². The van der Waals surface area contributed by atoms with Crippen LogP contribution in [-0.2, 0) is 6.42 Å². The third-order valence-corrected chi connectivity index (χ3v) is 3.04. The predicted octanol–water partition coefficient (Wildman–Crippen LogP) is 3.87. The van der Waals surface area contributed by atoms with Crippen LogP contribution in [-0.4, -0.2) is 17.0 Å². The Kier molecular flexibility index (Phi) is 4.58. The maximum atomic E-state index is 5.88. The summed E-state index contributed by atoms with van der Waals surface area (Å²) in [6, 6.07) is 7.56. The number of benzene rings is 1. The summed E-state index contributed by atoms with van der Waals surface area (Å²) in [5.41, 5.74) is 2.06. The average Bonchev–Trinajstić information content (AvgIpc) is 2.43. The fourth-order valence-electron chi connectivity index (χ4n) is 1.89. The van der Waals surface area contributed by atoms with Crippen LogP contribution in [0.1, 0.15) is 18.9 Å². The number of anilines is 3. The number of nitrogens with one attached hydrogen (secondary N) is 2. The monoisotopic (exact) mass is 276 g/mol. The van der Waals surface area contributed by atoms with Crippen molar-refractivity contribution in [1.29, 1.82) is 0 Å². The van der Waals surface area contributed by atoms with Crippen molar-refractivity contribution in [3.05, 3.63) is 41.2 Å². The molecule has 1 aromatic carbocycles. The van der Waals surface area contributed by atoms with Gasteiger partial charge >= 0.3 is 0 Å². The van der Waals surface area contributed by atoms with Gasteiger partial charge in [-0.1, -0.05) is 24.9 Å². The summed E-state index contributed by atoms with van der Waals surface area (Å²) in [4.78, 5) is 8.58. The van der Waals surface area contributed by atoms with Crippen molar-refractivity contribution in [3.63, 3.8) is 0 Å². The summed E-state index contributed by atoms with van der Waals surface area (Å²) in [6.07, 6.45) is 3.52. The van der Waals surface area contributed by atoms with Crippen molar-refractivity contribution in [2.75, 3.05) is 17.7 Å². The van der Waals surface area contributed by atoms with Gasteiger partial charge in [0.2, 0.25) is 0 Å². The van der Waals surface area contributed by atoms with Crippen molar-refractivity contribution < 1.29 is 0 Å². The van der Waals surface area contributed by atoms with Crippen molar-refractivity contribution in [2.24, 2.45) is 0 Å². The minimum atomic E-state index is 0.720. The molecular weight excluding hydrogens is 260 g/mol. The van der Waals surface area contributed by atoms with Gasteiger partial charge in [0.1, 0.15) is 18.0 Å². The molecule has 0 unspecified atom stereocenters. The zero-order valence-corrected chi connectivity index (χ0v) is 11.8. The zero-order valence-electron chi connectivity index (χ0n) is 11.1. The maximum absolute atomic E-state index is 5.88. The van der Waals surface area contributed by atoms with Gasteiger partial charge in [0.15, 0.2) is 0 Å². The molecule has 0 bridgehead atoms. The van der Waals surface area contributed by atoms with Crippen LogP contribution in [0, 0.1) is 0 Å². The Balaban J connectivity index is 2.30. The lowest BCUT2D eigenvalue weighted by atomic mass is 10.1. The standard InChI is InChI=1S/C14H17ClN4/c1-3-4-12-13(16-2)17-9-18-14(12)19-11-7-5-10(15)6-8-11/h5-9H,3-4H2,1-2H3,(H2,16,17,18,19). The lowest BCUT2D eigenvalue weighted by molar-refractivity contribution is 0.905. The Bertz CT molecular complexity index is 540. The molecule has 2 aromatic rings. The van der Waals surface area contributed by atoms with E-state index in [4.69, 9.17) is 11.6 Å². The molecule has 2 rings (SSSR count). The normalized spacial score (nSPS) is 10.3. The number of rotatable bonds is 5. The van der Waals surface area contributed by atoms with E-state index in [9.17, 15) is 0 Å². The zero-order chi connectivity index (χ0) is 13.7. The van der Waals surface area contributed by atoms with Crippen LogP contribution in [0.3, 0.4) is 0 Å². The molecule has 0 radical (unpaired) electrons. The molecule has 2 N–H and O–H groups in total. The molecule has 0 aliphatic heterocycles. The van der Waals surface area contributed by atoms with E-state index in [1.807, 2.05) is 31.3 Å². The Morgan fingerprint density at radius 2 is 1.79 bits per heavy atom. The van der Waals surface area contributed by atoms with Gasteiger partial charge in [0.05, 0.1) is 0 Å². The molecule has 0 spiro atoms. The molecule has 100 valence electrons. The Morgan fingerprint density at radius 3 is 2.42 bits per heavy atom. The molecule has 4 nitrogen and oxygen atoms in total. The highest BCUT2D eigenvalue weighted by Crippen LogP contribution is 2.25. The smallest absolute Gasteiger partial charge is 0.139 e. The minimum Gasteiger partial charge on any atom is -0.373 e. The lowest BCUT2D eigenvalue weighted by Crippen LogP contribution is -2.05. The summed E-state index contributed by atoms with van der Waals surface area (Å²) in [5, 5.41) is 7.13. The highest BCUT2D eigenvalue weighted by atomic mass is 35.5. The van der Waals surface area contributed by atoms with Crippen molar-refractivity contribution in [2.45, 2.75) is 19.8 Å². The predicted molar refractivity (Wildman–Crippen MR) is 80.3 cm³/mol. The summed E-state index contributed by atoms with van der Waals surface area (Å²) < 4.78 is 0. The van der Waals surface area contributed by atoms with E-state index in [1.165, 1.54) is 0 Å². The summed E-state index contributed by atoms with van der Waals surface area (Å²) in [7, 11) is 1.87. The first kappa shape index (κ1) is 13.6. The van der Waals surface area contributed by atoms with E-state index >= 15 is 0 Å². The van der Waals surface area contributed by atoms with Gasteiger partial charge < -0.3 is 10.6 Å². The first-order valence-corrected chi connectivity index (χ1v) is 6.66. The first-order chi connectivity index (χ1) is 9.24. The lowest BCUT2D eigenvalue weighted by Gasteiger charge is -2.13. The summed E-state index contributed by atoms with van der Waals surface area (Å²) in [6.45, 7) is 2.14. The second-order valence-electron chi connectivity index (χ2n) is 4.18. The SMILES string of the molecule is CCCc1c(NC)ncnc1Nc1ccc(Cl)cc1. The van der Waals surface area contributed by atoms with E-state index in [1.54, 1.807) is 6.33 Å². The molecule has 0 aliphatic carbocycles. The van der Waals surface area contributed by atoms with E-state index in [-0.39, 0.29) is 0 Å². The van der Waals surface area contributed by atoms with Gasteiger partial charge in [-0.15, -0.1) is 0 Å². The summed E-state index contributed by atoms with van der Waals surface area (Å²) in [5.74, 6) is 1.71. The van der Waals surface area contributed by atoms with Crippen LogP contribution in [0.2, 0.25) is 5.02 Å². The number of nitrogens with zero attached hydrogens (tertiary/aromatic N) is 2. The Morgan fingerprint density at radius 1 is 1.11 bits per heavy atom. The van der Waals surface area contributed by atoms with Gasteiger partial charge in [-0.3, -0.25) is 0 Å². The molecular formula is C14H17ClN4. The maximum Gasteiger partial charge on any atom is 0.139 e. The number of aromatic nitrogens is 2. The van der Waals surface area contributed by atoms with Crippen molar-refractivity contribution in [1.82, 2.24) is 9.97 Å². The van der Waals surface area contributed by atoms with Crippen molar-refractivity contribution in [3.8, 4) is 0 Å². The largest absolute Gasteiger partial charge is 0.373 e. The molecule has 0 saturated carbocycles. The van der Waals surface area contributed by atoms with Crippen LogP contribution in [0.25, 0.3) is 0 Å².